The number of aromatic nitrogens is 4. The van der Waals surface area contributed by atoms with Crippen molar-refractivity contribution in [2.45, 2.75) is 0 Å². The van der Waals surface area contributed by atoms with Gasteiger partial charge in [0.25, 0.3) is 5.91 Å². The number of aromatic amines is 1. The Morgan fingerprint density at radius 1 is 0.968 bits per heavy atom. The van der Waals surface area contributed by atoms with Crippen LogP contribution in [0.25, 0.3) is 33.3 Å². The molecule has 0 atom stereocenters. The second-order valence-electron chi connectivity index (χ2n) is 6.94. The lowest BCUT2D eigenvalue weighted by atomic mass is 10.0. The maximum atomic E-state index is 12.7. The van der Waals surface area contributed by atoms with Gasteiger partial charge in [-0.3, -0.25) is 19.9 Å². The molecule has 0 aliphatic rings. The molecule has 0 unspecified atom stereocenters. The van der Waals surface area contributed by atoms with E-state index in [1.807, 2.05) is 48.5 Å². The summed E-state index contributed by atoms with van der Waals surface area (Å²) in [5, 5.41) is 12.5. The van der Waals surface area contributed by atoms with Gasteiger partial charge in [0.2, 0.25) is 0 Å². The Morgan fingerprint density at radius 2 is 1.87 bits per heavy atom. The highest BCUT2D eigenvalue weighted by Crippen LogP contribution is 2.33. The van der Waals surface area contributed by atoms with Gasteiger partial charge in [-0.1, -0.05) is 35.9 Å². The number of carbonyl (C=O) groups excluding carboxylic acids is 1. The fourth-order valence-corrected chi connectivity index (χ4v) is 3.63. The average Bonchev–Trinajstić information content (AvgIpc) is 3.31. The van der Waals surface area contributed by atoms with Gasteiger partial charge in [-0.25, -0.2) is 0 Å². The largest absolute Gasteiger partial charge is 0.321 e. The van der Waals surface area contributed by atoms with Gasteiger partial charge in [-0.05, 0) is 47.9 Å². The lowest BCUT2D eigenvalue weighted by molar-refractivity contribution is 0.102. The molecule has 6 nitrogen and oxygen atoms in total. The first-order valence-corrected chi connectivity index (χ1v) is 9.98. The first kappa shape index (κ1) is 19.0. The van der Waals surface area contributed by atoms with Gasteiger partial charge >= 0.3 is 0 Å². The van der Waals surface area contributed by atoms with E-state index >= 15 is 0 Å². The minimum atomic E-state index is -0.328. The van der Waals surface area contributed by atoms with Crippen molar-refractivity contribution >= 4 is 34.0 Å². The first-order chi connectivity index (χ1) is 15.2. The molecule has 0 saturated heterocycles. The van der Waals surface area contributed by atoms with Crippen molar-refractivity contribution in [2.24, 2.45) is 0 Å². The molecule has 0 saturated carbocycles. The summed E-state index contributed by atoms with van der Waals surface area (Å²) >= 11 is 6.48. The number of carbonyl (C=O) groups is 1. The SMILES string of the molecule is O=C(Nc1ccc(Cl)c(-c2nccc3ccccc23)c1)c1cc(-c2cccnc2)[nH]n1. The molecule has 0 fully saturated rings. The molecular formula is C24H16ClN5O. The number of fused-ring (bicyclic) bond motifs is 1. The Balaban J connectivity index is 1.45. The van der Waals surface area contributed by atoms with Gasteiger partial charge in [0.15, 0.2) is 5.69 Å². The van der Waals surface area contributed by atoms with Crippen LogP contribution in [0.4, 0.5) is 5.69 Å². The van der Waals surface area contributed by atoms with E-state index in [4.69, 9.17) is 11.6 Å². The van der Waals surface area contributed by atoms with E-state index in [0.717, 1.165) is 33.3 Å². The van der Waals surface area contributed by atoms with Crippen molar-refractivity contribution < 1.29 is 4.79 Å². The first-order valence-electron chi connectivity index (χ1n) is 9.60. The summed E-state index contributed by atoms with van der Waals surface area (Å²) in [7, 11) is 0. The van der Waals surface area contributed by atoms with Crippen molar-refractivity contribution in [3.05, 3.63) is 96.0 Å². The van der Waals surface area contributed by atoms with Crippen LogP contribution < -0.4 is 5.32 Å². The zero-order valence-corrected chi connectivity index (χ0v) is 17.0. The zero-order chi connectivity index (χ0) is 21.2. The van der Waals surface area contributed by atoms with Crippen molar-refractivity contribution in [3.8, 4) is 22.5 Å². The van der Waals surface area contributed by atoms with Crippen molar-refractivity contribution in [1.82, 2.24) is 20.2 Å². The minimum absolute atomic E-state index is 0.277. The van der Waals surface area contributed by atoms with Gasteiger partial charge in [0, 0.05) is 40.8 Å². The topological polar surface area (TPSA) is 83.6 Å². The fourth-order valence-electron chi connectivity index (χ4n) is 3.42. The Hall–Kier alpha value is -4.03. The third-order valence-corrected chi connectivity index (χ3v) is 5.27. The minimum Gasteiger partial charge on any atom is -0.321 e. The van der Waals surface area contributed by atoms with Gasteiger partial charge in [0.1, 0.15) is 0 Å². The van der Waals surface area contributed by atoms with E-state index < -0.39 is 0 Å². The zero-order valence-electron chi connectivity index (χ0n) is 16.2. The number of hydrogen-bond acceptors (Lipinski definition) is 4. The molecule has 0 aliphatic heterocycles. The van der Waals surface area contributed by atoms with Gasteiger partial charge in [0.05, 0.1) is 16.4 Å². The summed E-state index contributed by atoms with van der Waals surface area (Å²) in [6, 6.07) is 20.7. The third-order valence-electron chi connectivity index (χ3n) is 4.94. The van der Waals surface area contributed by atoms with Crippen molar-refractivity contribution in [3.63, 3.8) is 0 Å². The van der Waals surface area contributed by atoms with Crippen LogP contribution in [0.1, 0.15) is 10.5 Å². The molecule has 5 rings (SSSR count). The number of amides is 1. The predicted molar refractivity (Wildman–Crippen MR) is 122 cm³/mol. The lowest BCUT2D eigenvalue weighted by Crippen LogP contribution is -2.12. The number of halogens is 1. The maximum absolute atomic E-state index is 12.7. The number of anilines is 1. The predicted octanol–water partition coefficient (Wildman–Crippen LogP) is 5.59. The maximum Gasteiger partial charge on any atom is 0.276 e. The highest BCUT2D eigenvalue weighted by atomic mass is 35.5. The van der Waals surface area contributed by atoms with Gasteiger partial charge < -0.3 is 5.32 Å². The fraction of sp³-hybridized carbons (Fsp3) is 0. The second-order valence-corrected chi connectivity index (χ2v) is 7.35. The Morgan fingerprint density at radius 3 is 2.74 bits per heavy atom. The number of hydrogen-bond donors (Lipinski definition) is 2. The summed E-state index contributed by atoms with van der Waals surface area (Å²) in [5.41, 5.74) is 3.95. The van der Waals surface area contributed by atoms with Gasteiger partial charge in [-0.15, -0.1) is 0 Å². The van der Waals surface area contributed by atoms with Crippen LogP contribution in [0.2, 0.25) is 5.02 Å². The number of rotatable bonds is 4. The summed E-state index contributed by atoms with van der Waals surface area (Å²) in [6.07, 6.45) is 5.15. The van der Waals surface area contributed by atoms with Crippen LogP contribution in [0.15, 0.2) is 85.3 Å². The molecule has 7 heteroatoms. The molecule has 0 aliphatic carbocycles. The number of nitrogens with one attached hydrogen (secondary N) is 2. The van der Waals surface area contributed by atoms with Crippen LogP contribution in [-0.2, 0) is 0 Å². The second kappa shape index (κ2) is 8.01. The van der Waals surface area contributed by atoms with Crippen LogP contribution in [0.3, 0.4) is 0 Å². The molecule has 3 aromatic heterocycles. The molecule has 0 bridgehead atoms. The van der Waals surface area contributed by atoms with Crippen LogP contribution in [0, 0.1) is 0 Å². The average molecular weight is 426 g/mol. The molecule has 1 amide bonds. The summed E-state index contributed by atoms with van der Waals surface area (Å²) < 4.78 is 0. The number of benzene rings is 2. The molecule has 3 heterocycles. The Kier molecular flexibility index (Phi) is 4.90. The van der Waals surface area contributed by atoms with Gasteiger partial charge in [-0.2, -0.15) is 5.10 Å². The van der Waals surface area contributed by atoms with Crippen LogP contribution in [0.5, 0.6) is 0 Å². The quantitative estimate of drug-likeness (QED) is 0.393. The smallest absolute Gasteiger partial charge is 0.276 e. The number of pyridine rings is 2. The third kappa shape index (κ3) is 3.76. The van der Waals surface area contributed by atoms with E-state index in [-0.39, 0.29) is 11.6 Å². The molecule has 0 radical (unpaired) electrons. The molecule has 31 heavy (non-hydrogen) atoms. The molecule has 2 N–H and O–H groups in total. The summed E-state index contributed by atoms with van der Waals surface area (Å²) in [5.74, 6) is -0.328. The highest BCUT2D eigenvalue weighted by molar-refractivity contribution is 6.33. The summed E-state index contributed by atoms with van der Waals surface area (Å²) in [6.45, 7) is 0. The van der Waals surface area contributed by atoms with E-state index in [2.05, 4.69) is 25.5 Å². The molecule has 0 spiro atoms. The number of nitrogens with zero attached hydrogens (tertiary/aromatic N) is 3. The van der Waals surface area contributed by atoms with Crippen LogP contribution >= 0.6 is 11.6 Å². The van der Waals surface area contributed by atoms with E-state index in [0.29, 0.717) is 10.7 Å². The lowest BCUT2D eigenvalue weighted by Gasteiger charge is -2.10. The van der Waals surface area contributed by atoms with E-state index in [1.165, 1.54) is 0 Å². The number of H-pyrrole nitrogens is 1. The Bertz CT molecular complexity index is 1390. The highest BCUT2D eigenvalue weighted by Gasteiger charge is 2.14. The molecule has 5 aromatic rings. The normalized spacial score (nSPS) is 10.9. The van der Waals surface area contributed by atoms with E-state index in [9.17, 15) is 4.79 Å². The molecule has 150 valence electrons. The molecule has 2 aromatic carbocycles. The monoisotopic (exact) mass is 425 g/mol. The Labute approximate surface area is 183 Å². The van der Waals surface area contributed by atoms with E-state index in [1.54, 1.807) is 36.8 Å². The molecular weight excluding hydrogens is 410 g/mol. The van der Waals surface area contributed by atoms with Crippen molar-refractivity contribution in [1.29, 1.82) is 0 Å². The summed E-state index contributed by atoms with van der Waals surface area (Å²) in [4.78, 5) is 21.4. The van der Waals surface area contributed by atoms with Crippen molar-refractivity contribution in [2.75, 3.05) is 5.32 Å². The van der Waals surface area contributed by atoms with Crippen LogP contribution in [-0.4, -0.2) is 26.1 Å². The standard InChI is InChI=1S/C24H16ClN5O/c25-20-8-7-17(12-19(20)23-18-6-2-1-4-15(18)9-11-27-23)28-24(31)22-13-21(29-30-22)16-5-3-10-26-14-16/h1-14H,(H,28,31)(H,29,30).